The van der Waals surface area contributed by atoms with Gasteiger partial charge in [-0.1, -0.05) is 64.4 Å². The fourth-order valence-electron chi connectivity index (χ4n) is 3.07. The van der Waals surface area contributed by atoms with Crippen LogP contribution in [0.3, 0.4) is 0 Å². The van der Waals surface area contributed by atoms with Crippen LogP contribution in [0.1, 0.15) is 40.5 Å². The summed E-state index contributed by atoms with van der Waals surface area (Å²) in [5.41, 5.74) is -0.0817. The Balaban J connectivity index is 1.63. The summed E-state index contributed by atoms with van der Waals surface area (Å²) in [4.78, 5) is 12.3. The molecule has 0 spiro atoms. The van der Waals surface area contributed by atoms with Gasteiger partial charge in [0, 0.05) is 0 Å². The molecule has 2 aromatic rings. The Hall–Kier alpha value is -2.07. The van der Waals surface area contributed by atoms with E-state index in [-0.39, 0.29) is 23.9 Å². The van der Waals surface area contributed by atoms with Crippen molar-refractivity contribution in [2.45, 2.75) is 40.5 Å². The summed E-state index contributed by atoms with van der Waals surface area (Å²) < 4.78 is 16.6. The number of rotatable bonds is 10. The first-order chi connectivity index (χ1) is 12.9. The van der Waals surface area contributed by atoms with Gasteiger partial charge in [0.25, 0.3) is 0 Å². The average molecular weight is 373 g/mol. The van der Waals surface area contributed by atoms with E-state index < -0.39 is 0 Å². The van der Waals surface area contributed by atoms with Crippen molar-refractivity contribution in [1.29, 1.82) is 0 Å². The molecule has 2 rings (SSSR count). The highest BCUT2D eigenvalue weighted by Gasteiger charge is 2.31. The summed E-state index contributed by atoms with van der Waals surface area (Å²) >= 11 is 0. The van der Waals surface area contributed by atoms with E-state index in [4.69, 9.17) is 14.2 Å². The van der Waals surface area contributed by atoms with Gasteiger partial charge in [0.15, 0.2) is 0 Å². The predicted molar refractivity (Wildman–Crippen MR) is 109 cm³/mol. The molecule has 148 valence electrons. The quantitative estimate of drug-likeness (QED) is 0.422. The molecule has 27 heavy (non-hydrogen) atoms. The molecule has 0 N–H and O–H groups in total. The molecule has 2 aromatic carbocycles. The number of esters is 1. The average Bonchev–Trinajstić information content (AvgIpc) is 2.64. The first kappa shape index (κ1) is 21.2. The molecular formula is C23H32O4. The third kappa shape index (κ3) is 6.87. The van der Waals surface area contributed by atoms with Gasteiger partial charge in [-0.2, -0.15) is 0 Å². The maximum Gasteiger partial charge on any atom is 0.309 e. The molecule has 0 heterocycles. The molecule has 1 atom stereocenters. The fourth-order valence-corrected chi connectivity index (χ4v) is 3.07. The number of fused-ring (bicyclic) bond motifs is 1. The van der Waals surface area contributed by atoms with Crippen LogP contribution < -0.4 is 4.74 Å². The van der Waals surface area contributed by atoms with Gasteiger partial charge in [-0.05, 0) is 34.7 Å². The van der Waals surface area contributed by atoms with Gasteiger partial charge in [-0.3, -0.25) is 4.79 Å². The third-order valence-electron chi connectivity index (χ3n) is 4.60. The van der Waals surface area contributed by atoms with Crippen LogP contribution in [-0.2, 0) is 14.3 Å². The van der Waals surface area contributed by atoms with E-state index in [0.717, 1.165) is 24.0 Å². The van der Waals surface area contributed by atoms with Gasteiger partial charge in [-0.15, -0.1) is 0 Å². The highest BCUT2D eigenvalue weighted by molar-refractivity contribution is 5.83. The maximum atomic E-state index is 12.3. The Morgan fingerprint density at radius 3 is 2.37 bits per heavy atom. The monoisotopic (exact) mass is 372 g/mol. The van der Waals surface area contributed by atoms with Crippen molar-refractivity contribution in [3.63, 3.8) is 0 Å². The normalized spacial score (nSPS) is 12.7. The molecule has 0 aliphatic heterocycles. The van der Waals surface area contributed by atoms with E-state index in [1.165, 1.54) is 5.39 Å². The van der Waals surface area contributed by atoms with Crippen LogP contribution in [0.2, 0.25) is 0 Å². The van der Waals surface area contributed by atoms with E-state index >= 15 is 0 Å². The van der Waals surface area contributed by atoms with Crippen molar-refractivity contribution in [2.75, 3.05) is 26.4 Å². The summed E-state index contributed by atoms with van der Waals surface area (Å²) in [5.74, 6) is 0.635. The molecule has 0 aliphatic carbocycles. The first-order valence-electron chi connectivity index (χ1n) is 9.78. The van der Waals surface area contributed by atoms with Crippen LogP contribution in [0.25, 0.3) is 10.8 Å². The first-order valence-corrected chi connectivity index (χ1v) is 9.78. The van der Waals surface area contributed by atoms with E-state index in [2.05, 4.69) is 39.8 Å². The lowest BCUT2D eigenvalue weighted by Crippen LogP contribution is -2.31. The Morgan fingerprint density at radius 2 is 1.67 bits per heavy atom. The number of benzene rings is 2. The molecular weight excluding hydrogens is 340 g/mol. The molecule has 0 bridgehead atoms. The summed E-state index contributed by atoms with van der Waals surface area (Å²) in [6.07, 6.45) is 1.82. The molecule has 0 saturated heterocycles. The lowest BCUT2D eigenvalue weighted by Gasteiger charge is -2.28. The Labute approximate surface area is 162 Å². The van der Waals surface area contributed by atoms with Crippen LogP contribution in [-0.4, -0.2) is 32.4 Å². The maximum absolute atomic E-state index is 12.3. The van der Waals surface area contributed by atoms with E-state index in [9.17, 15) is 4.79 Å². The SMILES string of the molecule is CCCC(C(=O)OCCOCCOc1ccc2ccccc2c1)C(C)(C)C. The fraction of sp³-hybridized carbons (Fsp3) is 0.522. The van der Waals surface area contributed by atoms with Crippen molar-refractivity contribution in [3.05, 3.63) is 42.5 Å². The van der Waals surface area contributed by atoms with E-state index in [1.807, 2.05) is 30.3 Å². The van der Waals surface area contributed by atoms with Crippen LogP contribution in [0.5, 0.6) is 5.75 Å². The van der Waals surface area contributed by atoms with Crippen LogP contribution in [0.4, 0.5) is 0 Å². The van der Waals surface area contributed by atoms with Gasteiger partial charge in [0.2, 0.25) is 0 Å². The highest BCUT2D eigenvalue weighted by Crippen LogP contribution is 2.30. The van der Waals surface area contributed by atoms with Crippen LogP contribution in [0, 0.1) is 11.3 Å². The van der Waals surface area contributed by atoms with Gasteiger partial charge >= 0.3 is 5.97 Å². The minimum Gasteiger partial charge on any atom is -0.491 e. The molecule has 1 unspecified atom stereocenters. The molecule has 4 heteroatoms. The molecule has 0 aromatic heterocycles. The second-order valence-electron chi connectivity index (χ2n) is 7.84. The zero-order valence-corrected chi connectivity index (χ0v) is 17.0. The third-order valence-corrected chi connectivity index (χ3v) is 4.60. The largest absolute Gasteiger partial charge is 0.491 e. The number of hydrogen-bond acceptors (Lipinski definition) is 4. The van der Waals surface area contributed by atoms with Crippen molar-refractivity contribution in [2.24, 2.45) is 11.3 Å². The summed E-state index contributed by atoms with van der Waals surface area (Å²) in [6.45, 7) is 9.92. The Morgan fingerprint density at radius 1 is 0.963 bits per heavy atom. The van der Waals surface area contributed by atoms with Gasteiger partial charge < -0.3 is 14.2 Å². The molecule has 0 fully saturated rings. The Bertz CT molecular complexity index is 718. The lowest BCUT2D eigenvalue weighted by molar-refractivity contribution is -0.154. The van der Waals surface area contributed by atoms with Gasteiger partial charge in [-0.25, -0.2) is 0 Å². The van der Waals surface area contributed by atoms with Crippen molar-refractivity contribution in [3.8, 4) is 5.75 Å². The topological polar surface area (TPSA) is 44.8 Å². The number of ether oxygens (including phenoxy) is 3. The number of hydrogen-bond donors (Lipinski definition) is 0. The summed E-state index contributed by atoms with van der Waals surface area (Å²) in [6, 6.07) is 14.2. The minimum absolute atomic E-state index is 0.0706. The second-order valence-corrected chi connectivity index (χ2v) is 7.84. The van der Waals surface area contributed by atoms with Crippen molar-refractivity contribution in [1.82, 2.24) is 0 Å². The molecule has 0 radical (unpaired) electrons. The number of carbonyl (C=O) groups is 1. The molecule has 0 aliphatic rings. The van der Waals surface area contributed by atoms with E-state index in [1.54, 1.807) is 0 Å². The van der Waals surface area contributed by atoms with Gasteiger partial charge in [0.1, 0.15) is 19.0 Å². The molecule has 4 nitrogen and oxygen atoms in total. The van der Waals surface area contributed by atoms with E-state index in [0.29, 0.717) is 19.8 Å². The lowest BCUT2D eigenvalue weighted by atomic mass is 9.78. The highest BCUT2D eigenvalue weighted by atomic mass is 16.6. The molecule has 0 saturated carbocycles. The minimum atomic E-state index is -0.125. The second kappa shape index (κ2) is 10.3. The summed E-state index contributed by atoms with van der Waals surface area (Å²) in [7, 11) is 0. The zero-order valence-electron chi connectivity index (χ0n) is 17.0. The number of carbonyl (C=O) groups excluding carboxylic acids is 1. The Kier molecular flexibility index (Phi) is 8.11. The molecule has 0 amide bonds. The summed E-state index contributed by atoms with van der Waals surface area (Å²) in [5, 5.41) is 2.35. The van der Waals surface area contributed by atoms with Crippen LogP contribution in [0.15, 0.2) is 42.5 Å². The standard InChI is InChI=1S/C23H32O4/c1-5-8-21(23(2,3)4)22(24)27-16-14-25-13-15-26-20-12-11-18-9-6-7-10-19(18)17-20/h6-7,9-12,17,21H,5,8,13-16H2,1-4H3. The van der Waals surface area contributed by atoms with Crippen molar-refractivity contribution >= 4 is 16.7 Å². The van der Waals surface area contributed by atoms with Crippen molar-refractivity contribution < 1.29 is 19.0 Å². The predicted octanol–water partition coefficient (Wildman–Crippen LogP) is 5.24. The van der Waals surface area contributed by atoms with Gasteiger partial charge in [0.05, 0.1) is 19.1 Å². The smallest absolute Gasteiger partial charge is 0.309 e. The van der Waals surface area contributed by atoms with Crippen LogP contribution >= 0.6 is 0 Å². The zero-order chi connectivity index (χ0) is 19.7.